The lowest BCUT2D eigenvalue weighted by atomic mass is 10.0. The minimum absolute atomic E-state index is 0.202. The molecule has 1 amide bonds. The molecular weight excluding hydrogens is 261 g/mol. The second-order valence-corrected chi connectivity index (χ2v) is 4.73. The molecule has 5 nitrogen and oxygen atoms in total. The van der Waals surface area contributed by atoms with Crippen LogP contribution in [0.3, 0.4) is 0 Å². The summed E-state index contributed by atoms with van der Waals surface area (Å²) in [6, 6.07) is 4.99. The third-order valence-electron chi connectivity index (χ3n) is 3.55. The fraction of sp³-hybridized carbons (Fsp3) is 0.214. The van der Waals surface area contributed by atoms with Gasteiger partial charge in [-0.1, -0.05) is 0 Å². The van der Waals surface area contributed by atoms with Gasteiger partial charge in [0.25, 0.3) is 5.91 Å². The maximum absolute atomic E-state index is 13.0. The zero-order valence-electron chi connectivity index (χ0n) is 11.0. The Hall–Kier alpha value is -2.50. The first kappa shape index (κ1) is 12.5. The van der Waals surface area contributed by atoms with E-state index in [4.69, 9.17) is 0 Å². The molecule has 0 spiro atoms. The number of hydrogen-bond acceptors (Lipinski definition) is 4. The highest BCUT2D eigenvalue weighted by molar-refractivity contribution is 6.03. The maximum Gasteiger partial charge on any atom is 0.314 e. The van der Waals surface area contributed by atoms with Gasteiger partial charge in [-0.2, -0.15) is 9.97 Å². The predicted octanol–water partition coefficient (Wildman–Crippen LogP) is 2.13. The monoisotopic (exact) mass is 273 g/mol. The van der Waals surface area contributed by atoms with Crippen molar-refractivity contribution in [3.05, 3.63) is 41.3 Å². The van der Waals surface area contributed by atoms with Gasteiger partial charge in [-0.05, 0) is 31.2 Å². The summed E-state index contributed by atoms with van der Waals surface area (Å²) in [6.07, 6.45) is 0. The van der Waals surface area contributed by atoms with E-state index >= 15 is 0 Å². The number of aromatic nitrogens is 2. The van der Waals surface area contributed by atoms with Crippen LogP contribution in [0.1, 0.15) is 29.0 Å². The SMILES string of the molecule is CC1c2nc(O)nc(-c3ccc(F)cc3)c2C(=O)N1C. The molecule has 0 saturated heterocycles. The fourth-order valence-corrected chi connectivity index (χ4v) is 2.33. The van der Waals surface area contributed by atoms with Crippen LogP contribution < -0.4 is 0 Å². The van der Waals surface area contributed by atoms with Crippen LogP contribution in [0.15, 0.2) is 24.3 Å². The smallest absolute Gasteiger partial charge is 0.314 e. The van der Waals surface area contributed by atoms with Gasteiger partial charge in [-0.15, -0.1) is 0 Å². The Morgan fingerprint density at radius 2 is 1.90 bits per heavy atom. The Morgan fingerprint density at radius 3 is 2.55 bits per heavy atom. The van der Waals surface area contributed by atoms with E-state index in [2.05, 4.69) is 9.97 Å². The summed E-state index contributed by atoms with van der Waals surface area (Å²) in [5.74, 6) is -0.577. The standard InChI is InChI=1S/C14H12FN3O2/c1-7-11-10(13(19)18(7)2)12(17-14(20)16-11)8-3-5-9(15)6-4-8/h3-7H,1-2H3,(H,16,17,20). The lowest BCUT2D eigenvalue weighted by Gasteiger charge is -2.13. The zero-order valence-corrected chi connectivity index (χ0v) is 11.0. The van der Waals surface area contributed by atoms with Gasteiger partial charge in [0.05, 0.1) is 23.0 Å². The van der Waals surface area contributed by atoms with Crippen molar-refractivity contribution >= 4 is 5.91 Å². The molecule has 20 heavy (non-hydrogen) atoms. The van der Waals surface area contributed by atoms with E-state index in [9.17, 15) is 14.3 Å². The number of rotatable bonds is 1. The molecule has 1 unspecified atom stereocenters. The van der Waals surface area contributed by atoms with Crippen molar-refractivity contribution in [3.8, 4) is 17.3 Å². The van der Waals surface area contributed by atoms with E-state index in [0.717, 1.165) is 0 Å². The molecule has 2 heterocycles. The molecule has 0 fully saturated rings. The molecule has 1 N–H and O–H groups in total. The molecule has 1 aliphatic rings. The van der Waals surface area contributed by atoms with Crippen LogP contribution in [-0.2, 0) is 0 Å². The highest BCUT2D eigenvalue weighted by atomic mass is 19.1. The Balaban J connectivity index is 2.26. The maximum atomic E-state index is 13.0. The van der Waals surface area contributed by atoms with Crippen molar-refractivity contribution in [1.29, 1.82) is 0 Å². The molecule has 0 saturated carbocycles. The van der Waals surface area contributed by atoms with Crippen molar-refractivity contribution in [2.75, 3.05) is 7.05 Å². The average Bonchev–Trinajstić information content (AvgIpc) is 2.64. The predicted molar refractivity (Wildman–Crippen MR) is 69.6 cm³/mol. The van der Waals surface area contributed by atoms with Crippen molar-refractivity contribution < 1.29 is 14.3 Å². The molecule has 0 bridgehead atoms. The van der Waals surface area contributed by atoms with Crippen molar-refractivity contribution in [2.45, 2.75) is 13.0 Å². The van der Waals surface area contributed by atoms with E-state index in [1.807, 2.05) is 6.92 Å². The van der Waals surface area contributed by atoms with Crippen LogP contribution in [0.5, 0.6) is 6.01 Å². The topological polar surface area (TPSA) is 66.3 Å². The summed E-state index contributed by atoms with van der Waals surface area (Å²) >= 11 is 0. The lowest BCUT2D eigenvalue weighted by Crippen LogP contribution is -2.21. The molecule has 1 aliphatic heterocycles. The van der Waals surface area contributed by atoms with Gasteiger partial charge in [0.2, 0.25) is 0 Å². The molecule has 0 radical (unpaired) electrons. The summed E-state index contributed by atoms with van der Waals surface area (Å²) in [7, 11) is 1.67. The van der Waals surface area contributed by atoms with E-state index in [1.165, 1.54) is 29.2 Å². The Kier molecular flexibility index (Phi) is 2.67. The minimum Gasteiger partial charge on any atom is -0.479 e. The highest BCUT2D eigenvalue weighted by Crippen LogP contribution is 2.36. The van der Waals surface area contributed by atoms with Gasteiger partial charge < -0.3 is 10.0 Å². The molecule has 3 rings (SSSR count). The van der Waals surface area contributed by atoms with E-state index < -0.39 is 6.01 Å². The summed E-state index contributed by atoms with van der Waals surface area (Å²) in [4.78, 5) is 21.7. The van der Waals surface area contributed by atoms with Crippen LogP contribution in [-0.4, -0.2) is 32.9 Å². The Morgan fingerprint density at radius 1 is 1.25 bits per heavy atom. The summed E-state index contributed by atoms with van der Waals surface area (Å²) in [5, 5.41) is 9.66. The quantitative estimate of drug-likeness (QED) is 0.864. The van der Waals surface area contributed by atoms with Crippen molar-refractivity contribution in [1.82, 2.24) is 14.9 Å². The van der Waals surface area contributed by atoms with Gasteiger partial charge >= 0.3 is 6.01 Å². The number of amides is 1. The molecule has 1 atom stereocenters. The first-order valence-corrected chi connectivity index (χ1v) is 6.13. The second-order valence-electron chi connectivity index (χ2n) is 4.73. The normalized spacial score (nSPS) is 17.4. The van der Waals surface area contributed by atoms with Crippen LogP contribution in [0.2, 0.25) is 0 Å². The first-order valence-electron chi connectivity index (χ1n) is 6.13. The van der Waals surface area contributed by atoms with Gasteiger partial charge in [0.15, 0.2) is 0 Å². The number of nitrogens with zero attached hydrogens (tertiary/aromatic N) is 3. The van der Waals surface area contributed by atoms with Gasteiger partial charge in [-0.3, -0.25) is 4.79 Å². The zero-order chi connectivity index (χ0) is 14.4. The number of benzene rings is 1. The largest absolute Gasteiger partial charge is 0.479 e. The van der Waals surface area contributed by atoms with Gasteiger partial charge in [0.1, 0.15) is 5.82 Å². The van der Waals surface area contributed by atoms with Crippen molar-refractivity contribution in [2.24, 2.45) is 0 Å². The van der Waals surface area contributed by atoms with Crippen LogP contribution in [0.25, 0.3) is 11.3 Å². The van der Waals surface area contributed by atoms with Crippen LogP contribution in [0, 0.1) is 5.82 Å². The number of halogens is 1. The van der Waals surface area contributed by atoms with Gasteiger partial charge in [-0.25, -0.2) is 4.39 Å². The third-order valence-corrected chi connectivity index (χ3v) is 3.55. The number of carbonyl (C=O) groups is 1. The van der Waals surface area contributed by atoms with Gasteiger partial charge in [0, 0.05) is 12.6 Å². The number of fused-ring (bicyclic) bond motifs is 1. The van der Waals surface area contributed by atoms with E-state index in [1.54, 1.807) is 7.05 Å². The molecule has 0 aliphatic carbocycles. The van der Waals surface area contributed by atoms with Crippen molar-refractivity contribution in [3.63, 3.8) is 0 Å². The Bertz CT molecular complexity index is 700. The average molecular weight is 273 g/mol. The molecule has 102 valence electrons. The second kappa shape index (κ2) is 4.26. The highest BCUT2D eigenvalue weighted by Gasteiger charge is 2.36. The minimum atomic E-state index is -0.391. The summed E-state index contributed by atoms with van der Waals surface area (Å²) < 4.78 is 13.0. The summed E-state index contributed by atoms with van der Waals surface area (Å²) in [6.45, 7) is 1.82. The molecule has 1 aromatic carbocycles. The van der Waals surface area contributed by atoms with E-state index in [0.29, 0.717) is 22.5 Å². The van der Waals surface area contributed by atoms with Crippen LogP contribution >= 0.6 is 0 Å². The first-order chi connectivity index (χ1) is 9.49. The molecule has 2 aromatic rings. The number of hydrogen-bond donors (Lipinski definition) is 1. The number of aromatic hydroxyl groups is 1. The molecular formula is C14H12FN3O2. The molecule has 6 heteroatoms. The van der Waals surface area contributed by atoms with E-state index in [-0.39, 0.29) is 17.8 Å². The fourth-order valence-electron chi connectivity index (χ4n) is 2.33. The Labute approximate surface area is 114 Å². The number of carbonyl (C=O) groups excluding carboxylic acids is 1. The molecule has 1 aromatic heterocycles. The van der Waals surface area contributed by atoms with Crippen LogP contribution in [0.4, 0.5) is 4.39 Å². The third kappa shape index (κ3) is 1.72. The lowest BCUT2D eigenvalue weighted by molar-refractivity contribution is 0.0784. The summed E-state index contributed by atoms with van der Waals surface area (Å²) in [5.41, 5.74) is 1.75.